The van der Waals surface area contributed by atoms with Crippen molar-refractivity contribution in [2.45, 2.75) is 20.4 Å². The van der Waals surface area contributed by atoms with Crippen molar-refractivity contribution >= 4 is 39.1 Å². The number of ether oxygens (including phenoxy) is 1. The molecule has 4 nitrogen and oxygen atoms in total. The predicted molar refractivity (Wildman–Crippen MR) is 103 cm³/mol. The number of halogens is 1. The zero-order valence-corrected chi connectivity index (χ0v) is 15.9. The van der Waals surface area contributed by atoms with Crippen molar-refractivity contribution in [2.24, 2.45) is 4.99 Å². The average molecular weight is 375 g/mol. The van der Waals surface area contributed by atoms with Crippen LogP contribution < -0.4 is 4.80 Å². The Labute approximate surface area is 155 Å². The minimum absolute atomic E-state index is 0.274. The molecule has 3 aromatic rings. The SMILES string of the molecule is COCCn1c(=NC(=O)c2ccc(Cl)cc2)sc2cc(C)cc(C)c21. The maximum atomic E-state index is 12.5. The Bertz CT molecular complexity index is 987. The van der Waals surface area contributed by atoms with Gasteiger partial charge in [-0.25, -0.2) is 0 Å². The first-order valence-corrected chi connectivity index (χ1v) is 9.13. The molecule has 0 fully saturated rings. The molecule has 130 valence electrons. The summed E-state index contributed by atoms with van der Waals surface area (Å²) >= 11 is 7.41. The molecule has 0 spiro atoms. The fourth-order valence-electron chi connectivity index (χ4n) is 2.81. The van der Waals surface area contributed by atoms with Crippen molar-refractivity contribution < 1.29 is 9.53 Å². The van der Waals surface area contributed by atoms with Crippen LogP contribution in [-0.4, -0.2) is 24.2 Å². The summed E-state index contributed by atoms with van der Waals surface area (Å²) < 4.78 is 8.41. The fourth-order valence-corrected chi connectivity index (χ4v) is 4.17. The number of amides is 1. The molecule has 1 aromatic heterocycles. The summed E-state index contributed by atoms with van der Waals surface area (Å²) in [7, 11) is 1.67. The lowest BCUT2D eigenvalue weighted by Crippen LogP contribution is -2.19. The van der Waals surface area contributed by atoms with Crippen LogP contribution in [0.15, 0.2) is 41.4 Å². The third-order valence-corrected chi connectivity index (χ3v) is 5.20. The minimum Gasteiger partial charge on any atom is -0.383 e. The van der Waals surface area contributed by atoms with Crippen LogP contribution in [0.5, 0.6) is 0 Å². The van der Waals surface area contributed by atoms with E-state index in [4.69, 9.17) is 16.3 Å². The molecule has 25 heavy (non-hydrogen) atoms. The van der Waals surface area contributed by atoms with Crippen molar-refractivity contribution in [1.29, 1.82) is 0 Å². The van der Waals surface area contributed by atoms with Gasteiger partial charge in [0.1, 0.15) is 0 Å². The second-order valence-electron chi connectivity index (χ2n) is 5.88. The fraction of sp³-hybridized carbons (Fsp3) is 0.263. The molecule has 1 amide bonds. The van der Waals surface area contributed by atoms with Crippen molar-refractivity contribution in [2.75, 3.05) is 13.7 Å². The third kappa shape index (κ3) is 3.84. The highest BCUT2D eigenvalue weighted by atomic mass is 35.5. The molecule has 0 aliphatic heterocycles. The van der Waals surface area contributed by atoms with Crippen LogP contribution in [-0.2, 0) is 11.3 Å². The van der Waals surface area contributed by atoms with Crippen molar-refractivity contribution in [3.63, 3.8) is 0 Å². The molecular formula is C19H19ClN2O2S. The van der Waals surface area contributed by atoms with E-state index in [2.05, 4.69) is 35.5 Å². The number of aryl methyl sites for hydroxylation is 2. The molecule has 0 aliphatic carbocycles. The first kappa shape index (κ1) is 17.9. The maximum Gasteiger partial charge on any atom is 0.279 e. The predicted octanol–water partition coefficient (Wildman–Crippen LogP) is 4.36. The first-order valence-electron chi connectivity index (χ1n) is 7.94. The third-order valence-electron chi connectivity index (χ3n) is 3.92. The van der Waals surface area contributed by atoms with Crippen molar-refractivity contribution in [3.05, 3.63) is 62.9 Å². The average Bonchev–Trinajstić information content (AvgIpc) is 2.90. The monoisotopic (exact) mass is 374 g/mol. The Hall–Kier alpha value is -1.95. The number of hydrogen-bond acceptors (Lipinski definition) is 3. The Morgan fingerprint density at radius 3 is 2.64 bits per heavy atom. The van der Waals surface area contributed by atoms with E-state index in [0.717, 1.165) is 10.2 Å². The number of hydrogen-bond donors (Lipinski definition) is 0. The van der Waals surface area contributed by atoms with Gasteiger partial charge in [0.25, 0.3) is 5.91 Å². The highest BCUT2D eigenvalue weighted by molar-refractivity contribution is 7.16. The lowest BCUT2D eigenvalue weighted by atomic mass is 10.1. The van der Waals surface area contributed by atoms with Gasteiger partial charge in [-0.05, 0) is 55.3 Å². The number of fused-ring (bicyclic) bond motifs is 1. The summed E-state index contributed by atoms with van der Waals surface area (Å²) in [5.41, 5.74) is 3.99. The van der Waals surface area contributed by atoms with Crippen LogP contribution in [0.2, 0.25) is 5.02 Å². The lowest BCUT2D eigenvalue weighted by Gasteiger charge is -2.07. The minimum atomic E-state index is -0.274. The summed E-state index contributed by atoms with van der Waals surface area (Å²) in [6.07, 6.45) is 0. The van der Waals surface area contributed by atoms with Gasteiger partial charge in [0.05, 0.1) is 16.8 Å². The molecule has 6 heteroatoms. The lowest BCUT2D eigenvalue weighted by molar-refractivity contribution is 0.0997. The number of carbonyl (C=O) groups excluding carboxylic acids is 1. The number of carbonyl (C=O) groups is 1. The van der Waals surface area contributed by atoms with Crippen LogP contribution >= 0.6 is 22.9 Å². The van der Waals surface area contributed by atoms with Crippen LogP contribution in [0.3, 0.4) is 0 Å². The van der Waals surface area contributed by atoms with E-state index in [1.165, 1.54) is 22.5 Å². The van der Waals surface area contributed by atoms with Gasteiger partial charge in [-0.1, -0.05) is 29.0 Å². The molecule has 0 unspecified atom stereocenters. The van der Waals surface area contributed by atoms with Gasteiger partial charge in [-0.2, -0.15) is 4.99 Å². The summed E-state index contributed by atoms with van der Waals surface area (Å²) in [6, 6.07) is 11.0. The van der Waals surface area contributed by atoms with E-state index in [-0.39, 0.29) is 5.91 Å². The Morgan fingerprint density at radius 2 is 1.96 bits per heavy atom. The van der Waals surface area contributed by atoms with E-state index in [1.807, 2.05) is 0 Å². The molecule has 0 atom stereocenters. The number of rotatable bonds is 4. The number of nitrogens with zero attached hydrogens (tertiary/aromatic N) is 2. The van der Waals surface area contributed by atoms with Crippen molar-refractivity contribution in [3.8, 4) is 0 Å². The zero-order chi connectivity index (χ0) is 18.0. The van der Waals surface area contributed by atoms with Crippen LogP contribution in [0, 0.1) is 13.8 Å². The van der Waals surface area contributed by atoms with Crippen LogP contribution in [0.25, 0.3) is 10.2 Å². The highest BCUT2D eigenvalue weighted by Gasteiger charge is 2.11. The van der Waals surface area contributed by atoms with E-state index in [0.29, 0.717) is 28.5 Å². The second-order valence-corrected chi connectivity index (χ2v) is 7.33. The molecular weight excluding hydrogens is 356 g/mol. The quantitative estimate of drug-likeness (QED) is 0.681. The summed E-state index contributed by atoms with van der Waals surface area (Å²) in [4.78, 5) is 17.6. The Balaban J connectivity index is 2.15. The molecule has 1 heterocycles. The smallest absolute Gasteiger partial charge is 0.279 e. The number of methoxy groups -OCH3 is 1. The molecule has 0 saturated heterocycles. The van der Waals surface area contributed by atoms with E-state index in [9.17, 15) is 4.79 Å². The number of benzene rings is 2. The molecule has 3 rings (SSSR count). The van der Waals surface area contributed by atoms with E-state index >= 15 is 0 Å². The van der Waals surface area contributed by atoms with E-state index in [1.54, 1.807) is 31.4 Å². The van der Waals surface area contributed by atoms with Crippen LogP contribution in [0.1, 0.15) is 21.5 Å². The van der Waals surface area contributed by atoms with Crippen LogP contribution in [0.4, 0.5) is 0 Å². The summed E-state index contributed by atoms with van der Waals surface area (Å²) in [5, 5.41) is 0.597. The molecule has 0 N–H and O–H groups in total. The number of aromatic nitrogens is 1. The molecule has 0 bridgehead atoms. The van der Waals surface area contributed by atoms with Gasteiger partial charge in [0.15, 0.2) is 4.80 Å². The van der Waals surface area contributed by atoms with Gasteiger partial charge in [-0.3, -0.25) is 4.79 Å². The number of thiazole rings is 1. The summed E-state index contributed by atoms with van der Waals surface area (Å²) in [6.45, 7) is 5.35. The molecule has 2 aromatic carbocycles. The topological polar surface area (TPSA) is 43.6 Å². The normalized spacial score (nSPS) is 12.1. The zero-order valence-electron chi connectivity index (χ0n) is 14.4. The molecule has 0 saturated carbocycles. The van der Waals surface area contributed by atoms with E-state index < -0.39 is 0 Å². The van der Waals surface area contributed by atoms with Gasteiger partial charge < -0.3 is 9.30 Å². The van der Waals surface area contributed by atoms with Gasteiger partial charge in [0.2, 0.25) is 0 Å². The Kier molecular flexibility index (Phi) is 5.37. The summed E-state index contributed by atoms with van der Waals surface area (Å²) in [5.74, 6) is -0.274. The second kappa shape index (κ2) is 7.52. The van der Waals surface area contributed by atoms with Gasteiger partial charge in [-0.15, -0.1) is 0 Å². The van der Waals surface area contributed by atoms with Crippen molar-refractivity contribution in [1.82, 2.24) is 4.57 Å². The van der Waals surface area contributed by atoms with Gasteiger partial charge >= 0.3 is 0 Å². The largest absolute Gasteiger partial charge is 0.383 e. The first-order chi connectivity index (χ1) is 12.0. The maximum absolute atomic E-state index is 12.5. The molecule has 0 radical (unpaired) electrons. The standard InChI is InChI=1S/C19H19ClN2O2S/c1-12-10-13(2)17-16(11-12)25-19(22(17)8-9-24-3)21-18(23)14-4-6-15(20)7-5-14/h4-7,10-11H,8-9H2,1-3H3. The highest BCUT2D eigenvalue weighted by Crippen LogP contribution is 2.23. The Morgan fingerprint density at radius 1 is 1.24 bits per heavy atom. The molecule has 0 aliphatic rings. The van der Waals surface area contributed by atoms with Gasteiger partial charge in [0, 0.05) is 24.2 Å².